The topological polar surface area (TPSA) is 77.0 Å². The Balaban J connectivity index is 1.59. The van der Waals surface area contributed by atoms with Crippen LogP contribution in [0.2, 0.25) is 0 Å². The summed E-state index contributed by atoms with van der Waals surface area (Å²) in [6, 6.07) is 11.0. The normalized spacial score (nSPS) is 22.0. The van der Waals surface area contributed by atoms with Crippen LogP contribution < -0.4 is 5.32 Å². The van der Waals surface area contributed by atoms with Crippen LogP contribution in [-0.2, 0) is 10.2 Å². The number of hydrogen-bond donors (Lipinski definition) is 1. The van der Waals surface area contributed by atoms with Crippen molar-refractivity contribution in [1.29, 1.82) is 0 Å². The lowest BCUT2D eigenvalue weighted by atomic mass is 9.66. The van der Waals surface area contributed by atoms with Crippen LogP contribution in [0, 0.1) is 17.0 Å². The summed E-state index contributed by atoms with van der Waals surface area (Å²) in [5.41, 5.74) is 2.02. The van der Waals surface area contributed by atoms with Crippen LogP contribution >= 0.6 is 0 Å². The number of rotatable bonds is 6. The number of carbonyl (C=O) groups excluding carboxylic acids is 1. The Morgan fingerprint density at radius 2 is 1.88 bits per heavy atom. The third-order valence-electron chi connectivity index (χ3n) is 7.61. The number of hydrogen-bond acceptors (Lipinski definition) is 5. The molecule has 1 N–H and O–H groups in total. The standard InChI is InChI=1S/C26H26F2N4O2/c1-25(2)16-10-11-26(25,21-9-5-8-19(30-21)24(33)29-12-13-34-3)23-15(16)14-20(31-32-23)22-17(27)6-4-7-18(22)28/h4-9,14,16H,10-13H2,1-3H3,(H,29,33)/t16-,26-/m0/s1. The summed E-state index contributed by atoms with van der Waals surface area (Å²) in [6.45, 7) is 5.15. The number of methoxy groups -OCH3 is 1. The van der Waals surface area contributed by atoms with E-state index in [0.29, 0.717) is 18.8 Å². The Morgan fingerprint density at radius 1 is 1.15 bits per heavy atom. The average Bonchev–Trinajstić information content (AvgIpc) is 3.20. The summed E-state index contributed by atoms with van der Waals surface area (Å²) >= 11 is 0. The van der Waals surface area contributed by atoms with E-state index in [1.165, 1.54) is 18.2 Å². The number of carbonyl (C=O) groups is 1. The SMILES string of the molecule is COCCNC(=O)c1cccc([C@@]23CC[C@@H](c4cc(-c5c(F)cccc5F)nnc42)C3(C)C)n1. The zero-order valence-corrected chi connectivity index (χ0v) is 19.4. The number of ether oxygens (including phenoxy) is 1. The van der Waals surface area contributed by atoms with E-state index in [2.05, 4.69) is 29.4 Å². The van der Waals surface area contributed by atoms with Gasteiger partial charge in [0.2, 0.25) is 0 Å². The second kappa shape index (κ2) is 8.20. The van der Waals surface area contributed by atoms with Crippen molar-refractivity contribution in [2.45, 2.75) is 38.0 Å². The van der Waals surface area contributed by atoms with Gasteiger partial charge in [0.1, 0.15) is 17.3 Å². The van der Waals surface area contributed by atoms with Crippen molar-refractivity contribution in [2.75, 3.05) is 20.3 Å². The van der Waals surface area contributed by atoms with E-state index in [-0.39, 0.29) is 28.5 Å². The minimum atomic E-state index is -0.666. The molecule has 2 atom stereocenters. The van der Waals surface area contributed by atoms with Gasteiger partial charge in [-0.1, -0.05) is 26.0 Å². The van der Waals surface area contributed by atoms with Gasteiger partial charge in [0.15, 0.2) is 0 Å². The molecule has 176 valence electrons. The number of fused-ring (bicyclic) bond motifs is 5. The summed E-state index contributed by atoms with van der Waals surface area (Å²) in [5.74, 6) is -1.47. The maximum absolute atomic E-state index is 14.4. The van der Waals surface area contributed by atoms with Crippen molar-refractivity contribution in [3.8, 4) is 11.3 Å². The number of amides is 1. The predicted octanol–water partition coefficient (Wildman–Crippen LogP) is 4.40. The van der Waals surface area contributed by atoms with Crippen molar-refractivity contribution in [3.63, 3.8) is 0 Å². The first kappa shape index (κ1) is 22.5. The monoisotopic (exact) mass is 464 g/mol. The summed E-state index contributed by atoms with van der Waals surface area (Å²) < 4.78 is 33.9. The van der Waals surface area contributed by atoms with Gasteiger partial charge in [-0.15, -0.1) is 5.10 Å². The zero-order chi connectivity index (χ0) is 24.1. The fraction of sp³-hybridized carbons (Fsp3) is 0.385. The first-order valence-corrected chi connectivity index (χ1v) is 11.4. The molecule has 1 fully saturated rings. The fourth-order valence-electron chi connectivity index (χ4n) is 5.91. The number of nitrogens with one attached hydrogen (secondary N) is 1. The Morgan fingerprint density at radius 3 is 2.62 bits per heavy atom. The Labute approximate surface area is 196 Å². The van der Waals surface area contributed by atoms with Gasteiger partial charge in [-0.2, -0.15) is 5.10 Å². The van der Waals surface area contributed by atoms with E-state index < -0.39 is 17.0 Å². The van der Waals surface area contributed by atoms with Crippen LogP contribution in [0.4, 0.5) is 8.78 Å². The molecule has 1 amide bonds. The van der Waals surface area contributed by atoms with E-state index in [9.17, 15) is 13.6 Å². The highest BCUT2D eigenvalue weighted by atomic mass is 19.1. The number of aromatic nitrogens is 3. The second-order valence-electron chi connectivity index (χ2n) is 9.51. The highest BCUT2D eigenvalue weighted by Crippen LogP contribution is 2.69. The van der Waals surface area contributed by atoms with Crippen molar-refractivity contribution < 1.29 is 18.3 Å². The van der Waals surface area contributed by atoms with Crippen LogP contribution in [0.3, 0.4) is 0 Å². The summed E-state index contributed by atoms with van der Waals surface area (Å²) in [7, 11) is 1.58. The molecule has 0 radical (unpaired) electrons. The van der Waals surface area contributed by atoms with E-state index >= 15 is 0 Å². The third-order valence-corrected chi connectivity index (χ3v) is 7.61. The van der Waals surface area contributed by atoms with Crippen LogP contribution in [-0.4, -0.2) is 41.3 Å². The summed E-state index contributed by atoms with van der Waals surface area (Å²) in [6.07, 6.45) is 1.69. The zero-order valence-electron chi connectivity index (χ0n) is 19.4. The van der Waals surface area contributed by atoms with Gasteiger partial charge >= 0.3 is 0 Å². The predicted molar refractivity (Wildman–Crippen MR) is 122 cm³/mol. The molecule has 2 aliphatic rings. The lowest BCUT2D eigenvalue weighted by molar-refractivity contribution is 0.0931. The second-order valence-corrected chi connectivity index (χ2v) is 9.51. The maximum atomic E-state index is 14.4. The van der Waals surface area contributed by atoms with Gasteiger partial charge in [-0.25, -0.2) is 13.8 Å². The number of nitrogens with zero attached hydrogens (tertiary/aromatic N) is 3. The molecule has 34 heavy (non-hydrogen) atoms. The lowest BCUT2D eigenvalue weighted by Crippen LogP contribution is -2.38. The molecular weight excluding hydrogens is 438 g/mol. The van der Waals surface area contributed by atoms with Crippen LogP contribution in [0.1, 0.15) is 60.0 Å². The maximum Gasteiger partial charge on any atom is 0.269 e. The highest BCUT2D eigenvalue weighted by molar-refractivity contribution is 5.92. The van der Waals surface area contributed by atoms with Gasteiger partial charge in [0.05, 0.1) is 34.7 Å². The third kappa shape index (κ3) is 3.15. The first-order valence-electron chi connectivity index (χ1n) is 11.4. The van der Waals surface area contributed by atoms with E-state index in [4.69, 9.17) is 9.72 Å². The lowest BCUT2D eigenvalue weighted by Gasteiger charge is -2.37. The van der Waals surface area contributed by atoms with Crippen LogP contribution in [0.25, 0.3) is 11.3 Å². The fourth-order valence-corrected chi connectivity index (χ4v) is 5.91. The first-order chi connectivity index (χ1) is 16.3. The minimum Gasteiger partial charge on any atom is -0.383 e. The largest absolute Gasteiger partial charge is 0.383 e. The van der Waals surface area contributed by atoms with E-state index in [1.807, 2.05) is 12.1 Å². The Bertz CT molecular complexity index is 1260. The number of halogens is 2. The van der Waals surface area contributed by atoms with Crippen LogP contribution in [0.15, 0.2) is 42.5 Å². The smallest absolute Gasteiger partial charge is 0.269 e. The molecule has 0 saturated heterocycles. The molecule has 2 heterocycles. The van der Waals surface area contributed by atoms with Gasteiger partial charge in [0.25, 0.3) is 5.91 Å². The summed E-state index contributed by atoms with van der Waals surface area (Å²) in [5, 5.41) is 11.6. The van der Waals surface area contributed by atoms with Crippen LogP contribution in [0.5, 0.6) is 0 Å². The summed E-state index contributed by atoms with van der Waals surface area (Å²) in [4.78, 5) is 17.4. The van der Waals surface area contributed by atoms with Crippen molar-refractivity contribution in [1.82, 2.24) is 20.5 Å². The molecule has 8 heteroatoms. The molecule has 1 aromatic carbocycles. The quantitative estimate of drug-likeness (QED) is 0.548. The van der Waals surface area contributed by atoms with Gasteiger partial charge in [-0.3, -0.25) is 4.79 Å². The van der Waals surface area contributed by atoms with Crippen molar-refractivity contribution in [2.24, 2.45) is 5.41 Å². The molecule has 3 aromatic rings. The molecule has 2 bridgehead atoms. The molecule has 2 aliphatic carbocycles. The van der Waals surface area contributed by atoms with Gasteiger partial charge in [-0.05, 0) is 60.1 Å². The average molecular weight is 465 g/mol. The molecule has 0 unspecified atom stereocenters. The van der Waals surface area contributed by atoms with Gasteiger partial charge in [0, 0.05) is 13.7 Å². The molecule has 0 aliphatic heterocycles. The minimum absolute atomic E-state index is 0.132. The number of benzene rings is 1. The van der Waals surface area contributed by atoms with E-state index in [1.54, 1.807) is 19.2 Å². The molecular formula is C26H26F2N4O2. The Kier molecular flexibility index (Phi) is 5.43. The molecule has 1 saturated carbocycles. The molecule has 2 aromatic heterocycles. The number of pyridine rings is 1. The van der Waals surface area contributed by atoms with Gasteiger partial charge < -0.3 is 10.1 Å². The molecule has 6 nitrogen and oxygen atoms in total. The molecule has 0 spiro atoms. The highest BCUT2D eigenvalue weighted by Gasteiger charge is 2.65. The Hall–Kier alpha value is -3.26. The van der Waals surface area contributed by atoms with Crippen molar-refractivity contribution in [3.05, 3.63) is 76.7 Å². The van der Waals surface area contributed by atoms with Crippen molar-refractivity contribution >= 4 is 5.91 Å². The van der Waals surface area contributed by atoms with E-state index in [0.717, 1.165) is 29.8 Å². The molecule has 5 rings (SSSR count).